The van der Waals surface area contributed by atoms with Crippen molar-refractivity contribution in [3.63, 3.8) is 0 Å². The van der Waals surface area contributed by atoms with Gasteiger partial charge in [0.25, 0.3) is 5.91 Å². The van der Waals surface area contributed by atoms with Gasteiger partial charge in [0.15, 0.2) is 0 Å². The van der Waals surface area contributed by atoms with Gasteiger partial charge in [0, 0.05) is 50.5 Å². The van der Waals surface area contributed by atoms with Gasteiger partial charge in [-0.2, -0.15) is 4.31 Å². The van der Waals surface area contributed by atoms with Gasteiger partial charge >= 0.3 is 0 Å². The summed E-state index contributed by atoms with van der Waals surface area (Å²) in [6.45, 7) is 4.93. The van der Waals surface area contributed by atoms with Gasteiger partial charge < -0.3 is 14.5 Å². The Morgan fingerprint density at radius 2 is 1.76 bits per heavy atom. The number of benzene rings is 2. The first-order valence-electron chi connectivity index (χ1n) is 12.1. The minimum absolute atomic E-state index is 0.0560. The van der Waals surface area contributed by atoms with E-state index in [1.54, 1.807) is 28.4 Å². The molecule has 0 spiro atoms. The Balaban J connectivity index is 1.60. The number of hydrogen-bond donors (Lipinski definition) is 0. The van der Waals surface area contributed by atoms with E-state index in [1.807, 2.05) is 19.1 Å². The molecule has 2 aliphatic heterocycles. The van der Waals surface area contributed by atoms with Crippen LogP contribution in [0.25, 0.3) is 0 Å². The van der Waals surface area contributed by atoms with Crippen LogP contribution < -0.4 is 9.64 Å². The van der Waals surface area contributed by atoms with E-state index in [0.717, 1.165) is 43.6 Å². The minimum atomic E-state index is -3.78. The molecule has 0 bridgehead atoms. The number of ether oxygens (including phenoxy) is 1. The number of para-hydroxylation sites is 1. The van der Waals surface area contributed by atoms with Crippen LogP contribution in [0.15, 0.2) is 47.4 Å². The highest BCUT2D eigenvalue weighted by Gasteiger charge is 2.34. The SMILES string of the molecule is COc1ccc(C(=O)N(C)Cc2ccccc2N2CCCC2)cc1S(=O)(=O)N1CCCCC1C. The van der Waals surface area contributed by atoms with E-state index in [0.29, 0.717) is 18.7 Å². The normalized spacial score (nSPS) is 19.3. The van der Waals surface area contributed by atoms with Crippen LogP contribution in [0.1, 0.15) is 54.9 Å². The number of nitrogens with zero attached hydrogens (tertiary/aromatic N) is 3. The van der Waals surface area contributed by atoms with Gasteiger partial charge in [0.05, 0.1) is 7.11 Å². The zero-order valence-corrected chi connectivity index (χ0v) is 21.2. The lowest BCUT2D eigenvalue weighted by molar-refractivity contribution is 0.0785. The largest absolute Gasteiger partial charge is 0.495 e. The Bertz CT molecular complexity index is 1130. The highest BCUT2D eigenvalue weighted by atomic mass is 32.2. The fourth-order valence-corrected chi connectivity index (χ4v) is 6.91. The van der Waals surface area contributed by atoms with Crippen molar-refractivity contribution >= 4 is 21.6 Å². The van der Waals surface area contributed by atoms with Crippen molar-refractivity contribution in [3.8, 4) is 5.75 Å². The summed E-state index contributed by atoms with van der Waals surface area (Å²) in [5.41, 5.74) is 2.59. The molecule has 0 saturated carbocycles. The van der Waals surface area contributed by atoms with Gasteiger partial charge in [-0.25, -0.2) is 8.42 Å². The van der Waals surface area contributed by atoms with Crippen LogP contribution in [0.2, 0.25) is 0 Å². The Kier molecular flexibility index (Phi) is 7.48. The third kappa shape index (κ3) is 4.93. The van der Waals surface area contributed by atoms with E-state index in [-0.39, 0.29) is 22.6 Å². The third-order valence-corrected chi connectivity index (χ3v) is 8.97. The van der Waals surface area contributed by atoms with Gasteiger partial charge in [-0.1, -0.05) is 24.6 Å². The predicted molar refractivity (Wildman–Crippen MR) is 134 cm³/mol. The van der Waals surface area contributed by atoms with Crippen LogP contribution >= 0.6 is 0 Å². The van der Waals surface area contributed by atoms with Crippen LogP contribution in [0.4, 0.5) is 5.69 Å². The maximum Gasteiger partial charge on any atom is 0.253 e. The Morgan fingerprint density at radius 3 is 2.47 bits per heavy atom. The van der Waals surface area contributed by atoms with Crippen molar-refractivity contribution in [1.82, 2.24) is 9.21 Å². The molecule has 7 nitrogen and oxygen atoms in total. The Hall–Kier alpha value is -2.58. The Morgan fingerprint density at radius 1 is 1.06 bits per heavy atom. The number of sulfonamides is 1. The standard InChI is InChI=1S/C26H35N3O4S/c1-20-10-6-7-17-29(20)34(31,32)25-18-21(13-14-24(25)33-3)26(30)27(2)19-22-11-4-5-12-23(22)28-15-8-9-16-28/h4-5,11-14,18,20H,6-10,15-17,19H2,1-3H3. The van der Waals surface area contributed by atoms with E-state index in [2.05, 4.69) is 17.0 Å². The molecule has 0 radical (unpaired) electrons. The zero-order chi connectivity index (χ0) is 24.3. The predicted octanol–water partition coefficient (Wildman–Crippen LogP) is 4.13. The summed E-state index contributed by atoms with van der Waals surface area (Å²) in [6.07, 6.45) is 5.05. The number of carbonyl (C=O) groups excluding carboxylic acids is 1. The lowest BCUT2D eigenvalue weighted by Gasteiger charge is -2.32. The third-order valence-electron chi connectivity index (χ3n) is 6.93. The minimum Gasteiger partial charge on any atom is -0.495 e. The van der Waals surface area contributed by atoms with E-state index in [1.165, 1.54) is 26.0 Å². The molecule has 0 N–H and O–H groups in total. The number of amides is 1. The van der Waals surface area contributed by atoms with Gasteiger partial charge in [0.1, 0.15) is 10.6 Å². The van der Waals surface area contributed by atoms with Crippen molar-refractivity contribution in [2.24, 2.45) is 0 Å². The number of anilines is 1. The molecule has 34 heavy (non-hydrogen) atoms. The quantitative estimate of drug-likeness (QED) is 0.590. The topological polar surface area (TPSA) is 70.2 Å². The molecule has 0 aliphatic carbocycles. The maximum absolute atomic E-state index is 13.5. The van der Waals surface area contributed by atoms with E-state index >= 15 is 0 Å². The summed E-state index contributed by atoms with van der Waals surface area (Å²) in [7, 11) is -0.568. The van der Waals surface area contributed by atoms with Crippen LogP contribution in [0.3, 0.4) is 0 Å². The molecule has 2 saturated heterocycles. The molecule has 8 heteroatoms. The number of methoxy groups -OCH3 is 1. The number of carbonyl (C=O) groups is 1. The smallest absolute Gasteiger partial charge is 0.253 e. The van der Waals surface area contributed by atoms with Crippen molar-refractivity contribution in [1.29, 1.82) is 0 Å². The molecule has 184 valence electrons. The zero-order valence-electron chi connectivity index (χ0n) is 20.4. The highest BCUT2D eigenvalue weighted by molar-refractivity contribution is 7.89. The van der Waals surface area contributed by atoms with Crippen molar-refractivity contribution in [2.45, 2.75) is 56.5 Å². The summed E-state index contributed by atoms with van der Waals surface area (Å²) in [5, 5.41) is 0. The van der Waals surface area contributed by atoms with Crippen LogP contribution in [0, 0.1) is 0 Å². The average Bonchev–Trinajstić information content (AvgIpc) is 3.38. The molecule has 0 aromatic heterocycles. The fourth-order valence-electron chi connectivity index (χ4n) is 5.03. The summed E-state index contributed by atoms with van der Waals surface area (Å²) < 4.78 is 34.0. The maximum atomic E-state index is 13.5. The summed E-state index contributed by atoms with van der Waals surface area (Å²) in [6, 6.07) is 12.8. The second kappa shape index (κ2) is 10.4. The Labute approximate surface area is 203 Å². The lowest BCUT2D eigenvalue weighted by Crippen LogP contribution is -2.42. The van der Waals surface area contributed by atoms with E-state index in [9.17, 15) is 13.2 Å². The molecular formula is C26H35N3O4S. The van der Waals surface area contributed by atoms with Crippen molar-refractivity contribution in [3.05, 3.63) is 53.6 Å². The average molecular weight is 486 g/mol. The summed E-state index contributed by atoms with van der Waals surface area (Å²) >= 11 is 0. The first-order valence-corrected chi connectivity index (χ1v) is 13.5. The fraction of sp³-hybridized carbons (Fsp3) is 0.500. The molecule has 2 heterocycles. The van der Waals surface area contributed by atoms with Crippen LogP contribution in [-0.4, -0.2) is 63.4 Å². The first-order chi connectivity index (χ1) is 16.3. The monoisotopic (exact) mass is 485 g/mol. The van der Waals surface area contributed by atoms with Crippen LogP contribution in [-0.2, 0) is 16.6 Å². The summed E-state index contributed by atoms with van der Waals surface area (Å²) in [5.74, 6) is 0.0402. The van der Waals surface area contributed by atoms with Gasteiger partial charge in [-0.3, -0.25) is 4.79 Å². The highest BCUT2D eigenvalue weighted by Crippen LogP contribution is 2.32. The summed E-state index contributed by atoms with van der Waals surface area (Å²) in [4.78, 5) is 17.4. The molecule has 2 aromatic carbocycles. The van der Waals surface area contributed by atoms with Crippen molar-refractivity contribution in [2.75, 3.05) is 38.7 Å². The molecule has 1 unspecified atom stereocenters. The molecule has 2 aromatic rings. The van der Waals surface area contributed by atoms with E-state index in [4.69, 9.17) is 4.74 Å². The molecule has 2 fully saturated rings. The first kappa shape index (κ1) is 24.5. The second-order valence-corrected chi connectivity index (χ2v) is 11.2. The van der Waals surface area contributed by atoms with Gasteiger partial charge in [-0.05, 0) is 62.4 Å². The van der Waals surface area contributed by atoms with Gasteiger partial charge in [-0.15, -0.1) is 0 Å². The van der Waals surface area contributed by atoms with Crippen LogP contribution in [0.5, 0.6) is 5.75 Å². The molecule has 2 aliphatic rings. The van der Waals surface area contributed by atoms with Gasteiger partial charge in [0.2, 0.25) is 10.0 Å². The molecular weight excluding hydrogens is 450 g/mol. The lowest BCUT2D eigenvalue weighted by atomic mass is 10.1. The number of hydrogen-bond acceptors (Lipinski definition) is 5. The molecule has 1 atom stereocenters. The van der Waals surface area contributed by atoms with E-state index < -0.39 is 10.0 Å². The molecule has 1 amide bonds. The number of rotatable bonds is 7. The number of piperidine rings is 1. The second-order valence-electron chi connectivity index (χ2n) is 9.31. The van der Waals surface area contributed by atoms with Crippen molar-refractivity contribution < 1.29 is 17.9 Å². The molecule has 4 rings (SSSR count).